The van der Waals surface area contributed by atoms with Crippen LogP contribution in [0, 0.1) is 0 Å². The average Bonchev–Trinajstić information content (AvgIpc) is 2.03. The van der Waals surface area contributed by atoms with E-state index in [9.17, 15) is 14.7 Å². The van der Waals surface area contributed by atoms with E-state index in [1.165, 1.54) is 11.8 Å². The summed E-state index contributed by atoms with van der Waals surface area (Å²) in [6, 6.07) is 0. The van der Waals surface area contributed by atoms with Crippen LogP contribution in [-0.4, -0.2) is 44.9 Å². The topological polar surface area (TPSA) is 94.8 Å². The van der Waals surface area contributed by atoms with Crippen molar-refractivity contribution in [1.29, 1.82) is 0 Å². The normalized spacial score (nSPS) is 14.7. The summed E-state index contributed by atoms with van der Waals surface area (Å²) >= 11 is 1.52. The first-order valence-corrected chi connectivity index (χ1v) is 5.48. The lowest BCUT2D eigenvalue weighted by Crippen LogP contribution is -2.40. The SMILES string of the molecule is CSCCCC(O)(CC(=O)O)C(=O)O. The minimum atomic E-state index is -2.12. The van der Waals surface area contributed by atoms with Crippen molar-refractivity contribution in [2.75, 3.05) is 12.0 Å². The molecular formula is C8H14O5S. The molecule has 0 amide bonds. The van der Waals surface area contributed by atoms with Crippen LogP contribution < -0.4 is 0 Å². The minimum Gasteiger partial charge on any atom is -0.481 e. The number of thioether (sulfide) groups is 1. The van der Waals surface area contributed by atoms with E-state index < -0.39 is 24.0 Å². The number of hydrogen-bond donors (Lipinski definition) is 3. The van der Waals surface area contributed by atoms with Gasteiger partial charge in [0.05, 0.1) is 6.42 Å². The molecule has 82 valence electrons. The smallest absolute Gasteiger partial charge is 0.336 e. The van der Waals surface area contributed by atoms with E-state index >= 15 is 0 Å². The number of rotatable bonds is 7. The third kappa shape index (κ3) is 4.48. The van der Waals surface area contributed by atoms with Gasteiger partial charge in [0.1, 0.15) is 0 Å². The predicted molar refractivity (Wildman–Crippen MR) is 52.5 cm³/mol. The second-order valence-electron chi connectivity index (χ2n) is 3.00. The molecule has 0 heterocycles. The Morgan fingerprint density at radius 3 is 2.29 bits per heavy atom. The van der Waals surface area contributed by atoms with Gasteiger partial charge in [-0.05, 0) is 24.9 Å². The van der Waals surface area contributed by atoms with Gasteiger partial charge in [-0.25, -0.2) is 4.79 Å². The third-order valence-electron chi connectivity index (χ3n) is 1.78. The molecule has 6 heteroatoms. The van der Waals surface area contributed by atoms with E-state index in [0.717, 1.165) is 0 Å². The Kier molecular flexibility index (Phi) is 5.56. The first-order chi connectivity index (χ1) is 6.42. The number of aliphatic hydroxyl groups is 1. The van der Waals surface area contributed by atoms with Crippen LogP contribution in [0.3, 0.4) is 0 Å². The molecule has 0 aromatic heterocycles. The molecule has 1 atom stereocenters. The van der Waals surface area contributed by atoms with Gasteiger partial charge in [-0.2, -0.15) is 11.8 Å². The van der Waals surface area contributed by atoms with Crippen LogP contribution in [0.25, 0.3) is 0 Å². The van der Waals surface area contributed by atoms with Crippen molar-refractivity contribution in [3.63, 3.8) is 0 Å². The van der Waals surface area contributed by atoms with Crippen LogP contribution >= 0.6 is 11.8 Å². The highest BCUT2D eigenvalue weighted by Gasteiger charge is 2.37. The monoisotopic (exact) mass is 222 g/mol. The van der Waals surface area contributed by atoms with Crippen molar-refractivity contribution in [1.82, 2.24) is 0 Å². The molecule has 0 fully saturated rings. The Morgan fingerprint density at radius 2 is 1.93 bits per heavy atom. The number of hydrogen-bond acceptors (Lipinski definition) is 4. The quantitative estimate of drug-likeness (QED) is 0.540. The Morgan fingerprint density at radius 1 is 1.36 bits per heavy atom. The van der Waals surface area contributed by atoms with Crippen LogP contribution in [0.1, 0.15) is 19.3 Å². The first kappa shape index (κ1) is 13.2. The summed E-state index contributed by atoms with van der Waals surface area (Å²) in [4.78, 5) is 21.0. The summed E-state index contributed by atoms with van der Waals surface area (Å²) in [6.45, 7) is 0. The lowest BCUT2D eigenvalue weighted by Gasteiger charge is -2.20. The van der Waals surface area contributed by atoms with Gasteiger partial charge in [0.25, 0.3) is 0 Å². The largest absolute Gasteiger partial charge is 0.481 e. The molecule has 0 aliphatic heterocycles. The molecule has 0 spiro atoms. The molecule has 3 N–H and O–H groups in total. The summed E-state index contributed by atoms with van der Waals surface area (Å²) in [6.07, 6.45) is 1.56. The summed E-state index contributed by atoms with van der Waals surface area (Å²) < 4.78 is 0. The maximum absolute atomic E-state index is 10.6. The van der Waals surface area contributed by atoms with Crippen LogP contribution in [0.5, 0.6) is 0 Å². The van der Waals surface area contributed by atoms with Gasteiger partial charge in [-0.1, -0.05) is 0 Å². The zero-order chi connectivity index (χ0) is 11.2. The number of carboxylic acid groups (broad SMARTS) is 2. The second-order valence-corrected chi connectivity index (χ2v) is 3.99. The molecule has 0 bridgehead atoms. The molecule has 5 nitrogen and oxygen atoms in total. The molecule has 14 heavy (non-hydrogen) atoms. The molecule has 0 radical (unpaired) electrons. The molecule has 0 aromatic rings. The van der Waals surface area contributed by atoms with E-state index in [0.29, 0.717) is 12.2 Å². The zero-order valence-corrected chi connectivity index (χ0v) is 8.71. The van der Waals surface area contributed by atoms with Crippen LogP contribution in [0.2, 0.25) is 0 Å². The second kappa shape index (κ2) is 5.87. The predicted octanol–water partition coefficient (Wildman–Crippen LogP) is 0.420. The van der Waals surface area contributed by atoms with Gasteiger partial charge < -0.3 is 15.3 Å². The highest BCUT2D eigenvalue weighted by atomic mass is 32.2. The molecule has 0 rings (SSSR count). The molecule has 0 saturated carbocycles. The minimum absolute atomic E-state index is 0.0323. The van der Waals surface area contributed by atoms with Crippen molar-refractivity contribution in [3.05, 3.63) is 0 Å². The zero-order valence-electron chi connectivity index (χ0n) is 7.89. The van der Waals surface area contributed by atoms with Gasteiger partial charge >= 0.3 is 11.9 Å². The Bertz CT molecular complexity index is 218. The number of carboxylic acids is 2. The van der Waals surface area contributed by atoms with Crippen molar-refractivity contribution >= 4 is 23.7 Å². The first-order valence-electron chi connectivity index (χ1n) is 4.09. The Hall–Kier alpha value is -0.750. The molecule has 1 unspecified atom stereocenters. The highest BCUT2D eigenvalue weighted by molar-refractivity contribution is 7.98. The van der Waals surface area contributed by atoms with E-state index in [1.807, 2.05) is 6.26 Å². The Labute approximate surface area is 86.1 Å². The summed E-state index contributed by atoms with van der Waals surface area (Å²) in [7, 11) is 0. The molecule has 0 aliphatic rings. The highest BCUT2D eigenvalue weighted by Crippen LogP contribution is 2.19. The summed E-state index contributed by atoms with van der Waals surface area (Å²) in [5, 5.41) is 26.6. The Balaban J connectivity index is 4.24. The van der Waals surface area contributed by atoms with Crippen molar-refractivity contribution in [2.45, 2.75) is 24.9 Å². The van der Waals surface area contributed by atoms with Crippen molar-refractivity contribution in [2.24, 2.45) is 0 Å². The summed E-state index contributed by atoms with van der Waals surface area (Å²) in [5.74, 6) is -2.07. The molecule has 0 aliphatic carbocycles. The van der Waals surface area contributed by atoms with Crippen molar-refractivity contribution < 1.29 is 24.9 Å². The van der Waals surface area contributed by atoms with E-state index in [4.69, 9.17) is 10.2 Å². The maximum Gasteiger partial charge on any atom is 0.336 e. The van der Waals surface area contributed by atoms with Gasteiger partial charge in [-0.3, -0.25) is 4.79 Å². The van der Waals surface area contributed by atoms with E-state index in [1.54, 1.807) is 0 Å². The lowest BCUT2D eigenvalue weighted by atomic mass is 9.94. The maximum atomic E-state index is 10.6. The lowest BCUT2D eigenvalue weighted by molar-refractivity contribution is -0.166. The average molecular weight is 222 g/mol. The standard InChI is InChI=1S/C8H14O5S/c1-14-4-2-3-8(13,7(11)12)5-6(9)10/h13H,2-5H2,1H3,(H,9,10)(H,11,12). The molecular weight excluding hydrogens is 208 g/mol. The van der Waals surface area contributed by atoms with Crippen LogP contribution in [0.4, 0.5) is 0 Å². The number of aliphatic carboxylic acids is 2. The van der Waals surface area contributed by atoms with Crippen LogP contribution in [0.15, 0.2) is 0 Å². The van der Waals surface area contributed by atoms with Crippen molar-refractivity contribution in [3.8, 4) is 0 Å². The van der Waals surface area contributed by atoms with E-state index in [2.05, 4.69) is 0 Å². The fraction of sp³-hybridized carbons (Fsp3) is 0.750. The van der Waals surface area contributed by atoms with E-state index in [-0.39, 0.29) is 6.42 Å². The molecule has 0 aromatic carbocycles. The molecule has 0 saturated heterocycles. The summed E-state index contributed by atoms with van der Waals surface area (Å²) in [5.41, 5.74) is -2.12. The fourth-order valence-corrected chi connectivity index (χ4v) is 1.46. The van der Waals surface area contributed by atoms with Gasteiger partial charge in [0.2, 0.25) is 0 Å². The van der Waals surface area contributed by atoms with Gasteiger partial charge in [0.15, 0.2) is 5.60 Å². The van der Waals surface area contributed by atoms with Gasteiger partial charge in [-0.15, -0.1) is 0 Å². The van der Waals surface area contributed by atoms with Gasteiger partial charge in [0, 0.05) is 0 Å². The van der Waals surface area contributed by atoms with Crippen LogP contribution in [-0.2, 0) is 9.59 Å². The third-order valence-corrected chi connectivity index (χ3v) is 2.48. The number of carbonyl (C=O) groups is 2. The fourth-order valence-electron chi connectivity index (χ4n) is 1.03.